The van der Waals surface area contributed by atoms with Gasteiger partial charge in [0.1, 0.15) is 0 Å². The van der Waals surface area contributed by atoms with Crippen molar-refractivity contribution in [1.82, 2.24) is 15.1 Å². The van der Waals surface area contributed by atoms with Crippen LogP contribution in [0, 0.1) is 17.2 Å². The fourth-order valence-corrected chi connectivity index (χ4v) is 4.21. The smallest absolute Gasteiger partial charge is 0.224 e. The summed E-state index contributed by atoms with van der Waals surface area (Å²) in [7, 11) is 0. The predicted octanol–water partition coefficient (Wildman–Crippen LogP) is 2.57. The quantitative estimate of drug-likeness (QED) is 0.818. The SMILES string of the molecule is N#CCCN1CCCC(C(=O)NCC(c2ccccc2)N2CCCC2)C1. The van der Waals surface area contributed by atoms with Gasteiger partial charge in [-0.2, -0.15) is 5.26 Å². The molecule has 1 N–H and O–H groups in total. The number of hydrogen-bond donors (Lipinski definition) is 1. The Kier molecular flexibility index (Phi) is 7.04. The molecule has 0 aromatic heterocycles. The molecule has 0 saturated carbocycles. The van der Waals surface area contributed by atoms with Crippen LogP contribution in [0.2, 0.25) is 0 Å². The average molecular weight is 354 g/mol. The van der Waals surface area contributed by atoms with Gasteiger partial charge in [-0.3, -0.25) is 9.69 Å². The third-order valence-electron chi connectivity index (χ3n) is 5.65. The summed E-state index contributed by atoms with van der Waals surface area (Å²) in [5, 5.41) is 12.0. The number of nitrogens with one attached hydrogen (secondary N) is 1. The standard InChI is InChI=1S/C21H30N4O/c22-11-7-13-24-12-6-10-19(17-24)21(26)23-16-20(25-14-4-5-15-25)18-8-2-1-3-9-18/h1-3,8-9,19-20H,4-7,10,12-17H2,(H,23,26). The van der Waals surface area contributed by atoms with Gasteiger partial charge in [-0.15, -0.1) is 0 Å². The van der Waals surface area contributed by atoms with Gasteiger partial charge in [0.25, 0.3) is 0 Å². The van der Waals surface area contributed by atoms with Crippen LogP contribution in [0.5, 0.6) is 0 Å². The van der Waals surface area contributed by atoms with E-state index in [1.807, 2.05) is 6.07 Å². The Hall–Kier alpha value is -1.90. The molecule has 0 spiro atoms. The van der Waals surface area contributed by atoms with Crippen LogP contribution in [0.4, 0.5) is 0 Å². The first-order valence-electron chi connectivity index (χ1n) is 9.94. The fourth-order valence-electron chi connectivity index (χ4n) is 4.21. The molecule has 2 heterocycles. The first-order valence-corrected chi connectivity index (χ1v) is 9.94. The van der Waals surface area contributed by atoms with Gasteiger partial charge in [0, 0.05) is 26.1 Å². The van der Waals surface area contributed by atoms with Gasteiger partial charge >= 0.3 is 0 Å². The molecular weight excluding hydrogens is 324 g/mol. The summed E-state index contributed by atoms with van der Waals surface area (Å²) >= 11 is 0. The number of piperidine rings is 1. The van der Waals surface area contributed by atoms with Crippen LogP contribution >= 0.6 is 0 Å². The molecule has 2 saturated heterocycles. The van der Waals surface area contributed by atoms with Crippen molar-refractivity contribution in [3.8, 4) is 6.07 Å². The molecule has 2 aliphatic rings. The molecule has 1 aromatic carbocycles. The number of carbonyl (C=O) groups is 1. The Morgan fingerprint density at radius 2 is 1.96 bits per heavy atom. The van der Waals surface area contributed by atoms with Gasteiger partial charge in [-0.25, -0.2) is 0 Å². The Labute approximate surface area is 157 Å². The van der Waals surface area contributed by atoms with Crippen LogP contribution < -0.4 is 5.32 Å². The summed E-state index contributed by atoms with van der Waals surface area (Å²) in [5.74, 6) is 0.226. The van der Waals surface area contributed by atoms with Crippen LogP contribution in [-0.4, -0.2) is 55.0 Å². The minimum atomic E-state index is 0.0532. The molecule has 0 bridgehead atoms. The van der Waals surface area contributed by atoms with E-state index in [0.29, 0.717) is 13.0 Å². The monoisotopic (exact) mass is 354 g/mol. The lowest BCUT2D eigenvalue weighted by atomic mass is 9.96. The van der Waals surface area contributed by atoms with E-state index < -0.39 is 0 Å². The summed E-state index contributed by atoms with van der Waals surface area (Å²) in [4.78, 5) is 17.5. The van der Waals surface area contributed by atoms with Crippen molar-refractivity contribution in [3.63, 3.8) is 0 Å². The number of amides is 1. The summed E-state index contributed by atoms with van der Waals surface area (Å²) in [6.45, 7) is 5.47. The van der Waals surface area contributed by atoms with Crippen LogP contribution in [0.25, 0.3) is 0 Å². The van der Waals surface area contributed by atoms with Crippen LogP contribution in [0.3, 0.4) is 0 Å². The largest absolute Gasteiger partial charge is 0.354 e. The van der Waals surface area contributed by atoms with E-state index in [1.54, 1.807) is 0 Å². The topological polar surface area (TPSA) is 59.4 Å². The Balaban J connectivity index is 1.56. The zero-order chi connectivity index (χ0) is 18.2. The maximum atomic E-state index is 12.7. The molecule has 1 aromatic rings. The molecule has 1 amide bonds. The van der Waals surface area contributed by atoms with E-state index in [4.69, 9.17) is 5.26 Å². The second kappa shape index (κ2) is 9.70. The Morgan fingerprint density at radius 1 is 1.19 bits per heavy atom. The molecular formula is C21H30N4O. The van der Waals surface area contributed by atoms with E-state index >= 15 is 0 Å². The number of hydrogen-bond acceptors (Lipinski definition) is 4. The van der Waals surface area contributed by atoms with Crippen molar-refractivity contribution in [3.05, 3.63) is 35.9 Å². The highest BCUT2D eigenvalue weighted by molar-refractivity contribution is 5.79. The van der Waals surface area contributed by atoms with Crippen LogP contribution in [0.1, 0.15) is 43.7 Å². The second-order valence-corrected chi connectivity index (χ2v) is 7.46. The third-order valence-corrected chi connectivity index (χ3v) is 5.65. The average Bonchev–Trinajstić information content (AvgIpc) is 3.22. The highest BCUT2D eigenvalue weighted by Crippen LogP contribution is 2.25. The maximum Gasteiger partial charge on any atom is 0.224 e. The van der Waals surface area contributed by atoms with E-state index in [1.165, 1.54) is 18.4 Å². The normalized spacial score (nSPS) is 22.7. The van der Waals surface area contributed by atoms with Gasteiger partial charge in [0.05, 0.1) is 18.0 Å². The molecule has 140 valence electrons. The molecule has 2 aliphatic heterocycles. The van der Waals surface area contributed by atoms with Gasteiger partial charge in [-0.1, -0.05) is 30.3 Å². The summed E-state index contributed by atoms with van der Waals surface area (Å²) < 4.78 is 0. The summed E-state index contributed by atoms with van der Waals surface area (Å²) in [6, 6.07) is 13.0. The predicted molar refractivity (Wildman–Crippen MR) is 102 cm³/mol. The van der Waals surface area contributed by atoms with Crippen molar-refractivity contribution in [2.24, 2.45) is 5.92 Å². The molecule has 2 fully saturated rings. The lowest BCUT2D eigenvalue weighted by molar-refractivity contribution is -0.126. The molecule has 0 radical (unpaired) electrons. The van der Waals surface area contributed by atoms with Gasteiger partial charge in [0.2, 0.25) is 5.91 Å². The van der Waals surface area contributed by atoms with Gasteiger partial charge < -0.3 is 10.2 Å². The van der Waals surface area contributed by atoms with Crippen LogP contribution in [-0.2, 0) is 4.79 Å². The first-order chi connectivity index (χ1) is 12.8. The highest BCUT2D eigenvalue weighted by atomic mass is 16.1. The fraction of sp³-hybridized carbons (Fsp3) is 0.619. The van der Waals surface area contributed by atoms with Crippen LogP contribution in [0.15, 0.2) is 30.3 Å². The van der Waals surface area contributed by atoms with E-state index in [-0.39, 0.29) is 17.9 Å². The van der Waals surface area contributed by atoms with Crippen molar-refractivity contribution < 1.29 is 4.79 Å². The number of likely N-dealkylation sites (tertiary alicyclic amines) is 2. The first kappa shape index (κ1) is 18.9. The lowest BCUT2D eigenvalue weighted by Crippen LogP contribution is -2.45. The molecule has 2 atom stereocenters. The number of benzene rings is 1. The number of carbonyl (C=O) groups excluding carboxylic acids is 1. The van der Waals surface area contributed by atoms with Crippen molar-refractivity contribution in [1.29, 1.82) is 5.26 Å². The number of rotatable bonds is 7. The number of nitrogens with zero attached hydrogens (tertiary/aromatic N) is 3. The van der Waals surface area contributed by atoms with E-state index in [9.17, 15) is 4.79 Å². The van der Waals surface area contributed by atoms with E-state index in [2.05, 4.69) is 45.5 Å². The summed E-state index contributed by atoms with van der Waals surface area (Å²) in [5.41, 5.74) is 1.29. The second-order valence-electron chi connectivity index (χ2n) is 7.46. The minimum absolute atomic E-state index is 0.0532. The lowest BCUT2D eigenvalue weighted by Gasteiger charge is -2.33. The third kappa shape index (κ3) is 5.06. The zero-order valence-corrected chi connectivity index (χ0v) is 15.6. The van der Waals surface area contributed by atoms with Gasteiger partial charge in [-0.05, 0) is 50.9 Å². The molecule has 5 heteroatoms. The molecule has 3 rings (SSSR count). The Morgan fingerprint density at radius 3 is 2.69 bits per heavy atom. The molecule has 2 unspecified atom stereocenters. The zero-order valence-electron chi connectivity index (χ0n) is 15.6. The van der Waals surface area contributed by atoms with E-state index in [0.717, 1.165) is 45.6 Å². The highest BCUT2D eigenvalue weighted by Gasteiger charge is 2.28. The minimum Gasteiger partial charge on any atom is -0.354 e. The van der Waals surface area contributed by atoms with Crippen molar-refractivity contribution in [2.45, 2.75) is 38.1 Å². The Bertz CT molecular complexity index is 606. The molecule has 5 nitrogen and oxygen atoms in total. The maximum absolute atomic E-state index is 12.7. The molecule has 26 heavy (non-hydrogen) atoms. The number of nitriles is 1. The van der Waals surface area contributed by atoms with Crippen molar-refractivity contribution in [2.75, 3.05) is 39.3 Å². The molecule has 0 aliphatic carbocycles. The van der Waals surface area contributed by atoms with Crippen molar-refractivity contribution >= 4 is 5.91 Å². The van der Waals surface area contributed by atoms with Gasteiger partial charge in [0.15, 0.2) is 0 Å². The summed E-state index contributed by atoms with van der Waals surface area (Å²) in [6.07, 6.45) is 5.02.